The fraction of sp³-hybridized carbons (Fsp3) is 0.211. The molecule has 0 unspecified atom stereocenters. The minimum Gasteiger partial charge on any atom is -0.311 e. The maximum atomic E-state index is 4.91. The first-order valence-electron chi connectivity index (χ1n) is 14.5. The van der Waals surface area contributed by atoms with Gasteiger partial charge >= 0.3 is 0 Å². The predicted octanol–water partition coefficient (Wildman–Crippen LogP) is 11.1. The Hall–Kier alpha value is -4.28. The molecule has 0 fully saturated rings. The fourth-order valence-corrected chi connectivity index (χ4v) is 5.89. The van der Waals surface area contributed by atoms with Crippen LogP contribution in [0.5, 0.6) is 0 Å². The Labute approximate surface area is 253 Å². The van der Waals surface area contributed by atoms with E-state index in [4.69, 9.17) is 9.36 Å². The van der Waals surface area contributed by atoms with Gasteiger partial charge in [0.2, 0.25) is 0 Å². The van der Waals surface area contributed by atoms with E-state index in [1.807, 2.05) is 0 Å². The zero-order chi connectivity index (χ0) is 29.5. The van der Waals surface area contributed by atoms with Gasteiger partial charge in [-0.3, -0.25) is 0 Å². The first kappa shape index (κ1) is 27.9. The van der Waals surface area contributed by atoms with E-state index < -0.39 is 0 Å². The lowest BCUT2D eigenvalue weighted by atomic mass is 9.86. The predicted molar refractivity (Wildman–Crippen MR) is 180 cm³/mol. The summed E-state index contributed by atoms with van der Waals surface area (Å²) in [7, 11) is 0. The number of anilines is 3. The minimum absolute atomic E-state index is 0.103. The number of nitrogens with zero attached hydrogens (tertiary/aromatic N) is 3. The summed E-state index contributed by atoms with van der Waals surface area (Å²) < 4.78 is 4.72. The Morgan fingerprint density at radius 1 is 0.524 bits per heavy atom. The number of aromatic nitrogens is 2. The van der Waals surface area contributed by atoms with Gasteiger partial charge in [-0.05, 0) is 98.9 Å². The Kier molecular flexibility index (Phi) is 7.20. The second-order valence-electron chi connectivity index (χ2n) is 13.0. The molecule has 42 heavy (non-hydrogen) atoms. The molecule has 1 heterocycles. The van der Waals surface area contributed by atoms with Gasteiger partial charge in [-0.2, -0.15) is 4.37 Å². The number of benzene rings is 5. The van der Waals surface area contributed by atoms with E-state index in [9.17, 15) is 0 Å². The quantitative estimate of drug-likeness (QED) is 0.207. The van der Waals surface area contributed by atoms with Crippen LogP contribution in [0.2, 0.25) is 0 Å². The van der Waals surface area contributed by atoms with Crippen molar-refractivity contribution in [2.24, 2.45) is 0 Å². The highest BCUT2D eigenvalue weighted by Crippen LogP contribution is 2.38. The summed E-state index contributed by atoms with van der Waals surface area (Å²) in [5.74, 6) is 0.755. The van der Waals surface area contributed by atoms with Crippen molar-refractivity contribution in [2.45, 2.75) is 52.4 Å². The van der Waals surface area contributed by atoms with Crippen molar-refractivity contribution in [2.75, 3.05) is 4.90 Å². The third kappa shape index (κ3) is 5.73. The normalized spacial score (nSPS) is 12.0. The summed E-state index contributed by atoms with van der Waals surface area (Å²) in [6, 6.07) is 41.3. The molecular weight excluding hydrogens is 531 g/mol. The van der Waals surface area contributed by atoms with Crippen LogP contribution in [0.1, 0.15) is 52.7 Å². The molecule has 0 bridgehead atoms. The molecular formula is C38H37N3S. The van der Waals surface area contributed by atoms with Gasteiger partial charge in [-0.15, -0.1) is 0 Å². The van der Waals surface area contributed by atoms with E-state index in [0.29, 0.717) is 0 Å². The van der Waals surface area contributed by atoms with Gasteiger partial charge in [-0.25, -0.2) is 4.98 Å². The van der Waals surface area contributed by atoms with Gasteiger partial charge in [0.25, 0.3) is 0 Å². The standard InChI is InChI=1S/C38H37N3S/c1-37(2,3)30-15-21-33(22-16-30)41(34-23-17-31(18-24-34)38(4,5)6)32-19-13-27(14-20-32)35-39-36(42-40-35)29-12-11-26-9-7-8-10-28(26)25-29/h7-25H,1-6H3. The lowest BCUT2D eigenvalue weighted by molar-refractivity contribution is 0.590. The van der Waals surface area contributed by atoms with Crippen molar-refractivity contribution < 1.29 is 0 Å². The highest BCUT2D eigenvalue weighted by molar-refractivity contribution is 7.09. The Bertz CT molecular complexity index is 1760. The summed E-state index contributed by atoms with van der Waals surface area (Å²) in [6.45, 7) is 13.5. The topological polar surface area (TPSA) is 29.0 Å². The van der Waals surface area contributed by atoms with Crippen molar-refractivity contribution in [1.82, 2.24) is 9.36 Å². The molecule has 0 radical (unpaired) electrons. The molecule has 0 saturated heterocycles. The second kappa shape index (κ2) is 10.8. The van der Waals surface area contributed by atoms with E-state index in [1.165, 1.54) is 33.4 Å². The molecule has 1 aromatic heterocycles. The highest BCUT2D eigenvalue weighted by atomic mass is 32.1. The Morgan fingerprint density at radius 3 is 1.52 bits per heavy atom. The summed E-state index contributed by atoms with van der Waals surface area (Å²) in [5, 5.41) is 3.37. The van der Waals surface area contributed by atoms with Crippen LogP contribution >= 0.6 is 11.5 Å². The van der Waals surface area contributed by atoms with Crippen LogP contribution < -0.4 is 4.90 Å². The lowest BCUT2D eigenvalue weighted by Crippen LogP contribution is -2.14. The number of rotatable bonds is 5. The van der Waals surface area contributed by atoms with Gasteiger partial charge in [-0.1, -0.05) is 102 Å². The van der Waals surface area contributed by atoms with Crippen LogP contribution in [-0.4, -0.2) is 9.36 Å². The van der Waals surface area contributed by atoms with Crippen molar-refractivity contribution in [3.8, 4) is 22.0 Å². The van der Waals surface area contributed by atoms with Crippen LogP contribution in [0.4, 0.5) is 17.1 Å². The number of fused-ring (bicyclic) bond motifs is 1. The average Bonchev–Trinajstić information content (AvgIpc) is 3.48. The molecule has 0 N–H and O–H groups in total. The molecule has 0 saturated carbocycles. The monoisotopic (exact) mass is 567 g/mol. The number of hydrogen-bond donors (Lipinski definition) is 0. The molecule has 6 aromatic rings. The molecule has 0 aliphatic heterocycles. The van der Waals surface area contributed by atoms with Gasteiger partial charge in [0.15, 0.2) is 5.82 Å². The highest BCUT2D eigenvalue weighted by Gasteiger charge is 2.19. The SMILES string of the molecule is CC(C)(C)c1ccc(N(c2ccc(-c3nsc(-c4ccc5ccccc5c4)n3)cc2)c2ccc(C(C)(C)C)cc2)cc1. The molecule has 5 aromatic carbocycles. The van der Waals surface area contributed by atoms with Gasteiger partial charge in [0.1, 0.15) is 5.01 Å². The summed E-state index contributed by atoms with van der Waals surface area (Å²) in [4.78, 5) is 7.22. The molecule has 0 aliphatic carbocycles. The van der Waals surface area contributed by atoms with Gasteiger partial charge in [0.05, 0.1) is 0 Å². The molecule has 0 amide bonds. The molecule has 0 atom stereocenters. The van der Waals surface area contributed by atoms with Crippen molar-refractivity contribution in [3.05, 3.63) is 126 Å². The third-order valence-electron chi connectivity index (χ3n) is 7.79. The first-order valence-corrected chi connectivity index (χ1v) is 15.3. The molecule has 0 spiro atoms. The van der Waals surface area contributed by atoms with Crippen molar-refractivity contribution in [3.63, 3.8) is 0 Å². The van der Waals surface area contributed by atoms with E-state index in [2.05, 4.69) is 162 Å². The van der Waals surface area contributed by atoms with Crippen LogP contribution in [0.15, 0.2) is 115 Å². The smallest absolute Gasteiger partial charge is 0.173 e. The molecule has 6 rings (SSSR count). The van der Waals surface area contributed by atoms with E-state index in [0.717, 1.165) is 39.0 Å². The largest absolute Gasteiger partial charge is 0.311 e. The lowest BCUT2D eigenvalue weighted by Gasteiger charge is -2.28. The van der Waals surface area contributed by atoms with Crippen molar-refractivity contribution in [1.29, 1.82) is 0 Å². The average molecular weight is 568 g/mol. The summed E-state index contributed by atoms with van der Waals surface area (Å²) in [5.41, 5.74) is 8.30. The van der Waals surface area contributed by atoms with E-state index in [-0.39, 0.29) is 10.8 Å². The van der Waals surface area contributed by atoms with Crippen LogP contribution in [0, 0.1) is 0 Å². The Balaban J connectivity index is 1.33. The molecule has 0 aliphatic rings. The first-order chi connectivity index (χ1) is 20.1. The van der Waals surface area contributed by atoms with E-state index >= 15 is 0 Å². The second-order valence-corrected chi connectivity index (χ2v) is 13.7. The maximum absolute atomic E-state index is 4.91. The third-order valence-corrected chi connectivity index (χ3v) is 8.55. The molecule has 4 heteroatoms. The number of hydrogen-bond acceptors (Lipinski definition) is 4. The summed E-state index contributed by atoms with van der Waals surface area (Å²) in [6.07, 6.45) is 0. The van der Waals surface area contributed by atoms with Crippen LogP contribution in [0.25, 0.3) is 32.7 Å². The zero-order valence-corrected chi connectivity index (χ0v) is 26.0. The molecule has 3 nitrogen and oxygen atoms in total. The minimum atomic E-state index is 0.103. The maximum Gasteiger partial charge on any atom is 0.173 e. The molecule has 210 valence electrons. The van der Waals surface area contributed by atoms with Gasteiger partial charge < -0.3 is 4.90 Å². The van der Waals surface area contributed by atoms with Gasteiger partial charge in [0, 0.05) is 28.2 Å². The van der Waals surface area contributed by atoms with Crippen LogP contribution in [-0.2, 0) is 10.8 Å². The Morgan fingerprint density at radius 2 is 1.00 bits per heavy atom. The fourth-order valence-electron chi connectivity index (χ4n) is 5.21. The zero-order valence-electron chi connectivity index (χ0n) is 25.2. The summed E-state index contributed by atoms with van der Waals surface area (Å²) >= 11 is 1.45. The van der Waals surface area contributed by atoms with Crippen molar-refractivity contribution >= 4 is 39.4 Å². The van der Waals surface area contributed by atoms with E-state index in [1.54, 1.807) is 0 Å². The van der Waals surface area contributed by atoms with Crippen LogP contribution in [0.3, 0.4) is 0 Å².